The van der Waals surface area contributed by atoms with E-state index < -0.39 is 23.3 Å². The average Bonchev–Trinajstić information content (AvgIpc) is 3.69. The Balaban J connectivity index is 1.38. The molecule has 1 atom stereocenters. The molecule has 0 radical (unpaired) electrons. The molecular formula is C26H26FN3O5. The van der Waals surface area contributed by atoms with E-state index in [1.54, 1.807) is 15.5 Å². The molecule has 1 unspecified atom stereocenters. The molecule has 3 aromatic rings. The van der Waals surface area contributed by atoms with E-state index in [0.717, 1.165) is 24.5 Å². The lowest BCUT2D eigenvalue weighted by molar-refractivity contribution is 0.0694. The molecule has 1 N–H and O–H groups in total. The number of aromatic nitrogens is 1. The number of piperazine rings is 1. The molecule has 1 aliphatic heterocycles. The van der Waals surface area contributed by atoms with Gasteiger partial charge in [0.2, 0.25) is 5.43 Å². The molecule has 1 saturated carbocycles. The molecule has 1 aromatic heterocycles. The number of carbonyl (C=O) groups is 2. The maximum atomic E-state index is 15.3. The number of amides is 1. The Kier molecular flexibility index (Phi) is 5.92. The summed E-state index contributed by atoms with van der Waals surface area (Å²) in [5.74, 6) is -1.91. The Hall–Kier alpha value is -3.88. The second-order valence-corrected chi connectivity index (χ2v) is 9.16. The van der Waals surface area contributed by atoms with Crippen molar-refractivity contribution in [3.05, 3.63) is 75.8 Å². The van der Waals surface area contributed by atoms with Gasteiger partial charge in [-0.2, -0.15) is 0 Å². The smallest absolute Gasteiger partial charge is 0.410 e. The minimum Gasteiger partial charge on any atom is -0.477 e. The summed E-state index contributed by atoms with van der Waals surface area (Å²) < 4.78 is 22.5. The van der Waals surface area contributed by atoms with E-state index in [4.69, 9.17) is 4.74 Å². The van der Waals surface area contributed by atoms with Crippen molar-refractivity contribution in [1.29, 1.82) is 0 Å². The SMILES string of the molecule is CC1CN(C(=O)OCc2ccccc2)CCN1c1cc2c(cc1F)c(=O)c(C(=O)O)cn2C1CC1. The van der Waals surface area contributed by atoms with Crippen molar-refractivity contribution in [2.75, 3.05) is 24.5 Å². The molecule has 1 saturated heterocycles. The summed E-state index contributed by atoms with van der Waals surface area (Å²) in [7, 11) is 0. The Morgan fingerprint density at radius 3 is 2.54 bits per heavy atom. The number of pyridine rings is 1. The summed E-state index contributed by atoms with van der Waals surface area (Å²) in [5.41, 5.74) is 0.718. The number of rotatable bonds is 5. The van der Waals surface area contributed by atoms with Crippen LogP contribution in [-0.2, 0) is 11.3 Å². The van der Waals surface area contributed by atoms with Gasteiger partial charge in [-0.1, -0.05) is 30.3 Å². The van der Waals surface area contributed by atoms with Crippen molar-refractivity contribution >= 4 is 28.7 Å². The van der Waals surface area contributed by atoms with Crippen LogP contribution in [-0.4, -0.2) is 52.3 Å². The summed E-state index contributed by atoms with van der Waals surface area (Å²) >= 11 is 0. The number of carboxylic acid groups (broad SMARTS) is 1. The van der Waals surface area contributed by atoms with Crippen LogP contribution in [0, 0.1) is 5.82 Å². The van der Waals surface area contributed by atoms with Crippen LogP contribution in [0.3, 0.4) is 0 Å². The zero-order valence-corrected chi connectivity index (χ0v) is 19.3. The zero-order valence-electron chi connectivity index (χ0n) is 19.3. The first kappa shape index (κ1) is 22.9. The Morgan fingerprint density at radius 2 is 1.89 bits per heavy atom. The predicted molar refractivity (Wildman–Crippen MR) is 128 cm³/mol. The van der Waals surface area contributed by atoms with Gasteiger partial charge >= 0.3 is 12.1 Å². The van der Waals surface area contributed by atoms with Crippen molar-refractivity contribution in [3.8, 4) is 0 Å². The number of benzene rings is 2. The lowest BCUT2D eigenvalue weighted by atomic mass is 10.1. The van der Waals surface area contributed by atoms with Gasteiger partial charge in [0.25, 0.3) is 0 Å². The Morgan fingerprint density at radius 1 is 1.14 bits per heavy atom. The van der Waals surface area contributed by atoms with Crippen molar-refractivity contribution in [2.24, 2.45) is 0 Å². The molecule has 9 heteroatoms. The molecule has 0 bridgehead atoms. The van der Waals surface area contributed by atoms with E-state index in [1.807, 2.05) is 42.2 Å². The maximum absolute atomic E-state index is 15.3. The second kappa shape index (κ2) is 9.05. The number of nitrogens with zero attached hydrogens (tertiary/aromatic N) is 3. The topological polar surface area (TPSA) is 92.1 Å². The fourth-order valence-electron chi connectivity index (χ4n) is 4.68. The highest BCUT2D eigenvalue weighted by atomic mass is 19.1. The Bertz CT molecular complexity index is 1350. The van der Waals surface area contributed by atoms with Crippen molar-refractivity contribution in [2.45, 2.75) is 38.5 Å². The highest BCUT2D eigenvalue weighted by molar-refractivity contribution is 5.93. The van der Waals surface area contributed by atoms with Crippen LogP contribution in [0.5, 0.6) is 0 Å². The molecule has 1 amide bonds. The van der Waals surface area contributed by atoms with E-state index in [0.29, 0.717) is 30.8 Å². The minimum absolute atomic E-state index is 0.0637. The number of anilines is 1. The number of carbonyl (C=O) groups excluding carboxylic acids is 1. The van der Waals surface area contributed by atoms with Crippen LogP contribution < -0.4 is 10.3 Å². The first-order valence-corrected chi connectivity index (χ1v) is 11.7. The molecule has 2 fully saturated rings. The van der Waals surface area contributed by atoms with Gasteiger partial charge in [0.1, 0.15) is 18.0 Å². The van der Waals surface area contributed by atoms with Gasteiger partial charge in [-0.25, -0.2) is 14.0 Å². The van der Waals surface area contributed by atoms with Gasteiger partial charge in [0.15, 0.2) is 0 Å². The van der Waals surface area contributed by atoms with Crippen molar-refractivity contribution in [1.82, 2.24) is 9.47 Å². The monoisotopic (exact) mass is 479 g/mol. The number of halogens is 1. The number of hydrogen-bond donors (Lipinski definition) is 1. The molecule has 2 aromatic carbocycles. The summed E-state index contributed by atoms with van der Waals surface area (Å²) in [6, 6.07) is 12.1. The van der Waals surface area contributed by atoms with E-state index in [1.165, 1.54) is 6.20 Å². The van der Waals surface area contributed by atoms with Crippen LogP contribution >= 0.6 is 0 Å². The number of fused-ring (bicyclic) bond motifs is 1. The summed E-state index contributed by atoms with van der Waals surface area (Å²) in [5, 5.41) is 9.49. The summed E-state index contributed by atoms with van der Waals surface area (Å²) in [4.78, 5) is 40.3. The van der Waals surface area contributed by atoms with Gasteiger partial charge in [-0.3, -0.25) is 4.79 Å². The van der Waals surface area contributed by atoms with Crippen LogP contribution in [0.15, 0.2) is 53.5 Å². The molecule has 2 aliphatic rings. The Labute approximate surface area is 201 Å². The zero-order chi connectivity index (χ0) is 24.7. The van der Waals surface area contributed by atoms with E-state index in [2.05, 4.69) is 0 Å². The first-order chi connectivity index (χ1) is 16.8. The van der Waals surface area contributed by atoms with Crippen LogP contribution in [0.4, 0.5) is 14.9 Å². The number of ether oxygens (including phenoxy) is 1. The van der Waals surface area contributed by atoms with Crippen LogP contribution in [0.2, 0.25) is 0 Å². The highest BCUT2D eigenvalue weighted by Gasteiger charge is 2.31. The van der Waals surface area contributed by atoms with Crippen molar-refractivity contribution < 1.29 is 23.8 Å². The third kappa shape index (κ3) is 4.45. The summed E-state index contributed by atoms with van der Waals surface area (Å²) in [6.45, 7) is 3.21. The molecule has 1 aliphatic carbocycles. The highest BCUT2D eigenvalue weighted by Crippen LogP contribution is 2.38. The lowest BCUT2D eigenvalue weighted by Crippen LogP contribution is -2.54. The van der Waals surface area contributed by atoms with Crippen molar-refractivity contribution in [3.63, 3.8) is 0 Å². The molecule has 8 nitrogen and oxygen atoms in total. The third-order valence-corrected chi connectivity index (χ3v) is 6.67. The van der Waals surface area contributed by atoms with E-state index >= 15 is 4.39 Å². The van der Waals surface area contributed by atoms with E-state index in [-0.39, 0.29) is 29.6 Å². The lowest BCUT2D eigenvalue weighted by Gasteiger charge is -2.40. The van der Waals surface area contributed by atoms with Crippen LogP contribution in [0.25, 0.3) is 10.9 Å². The fourth-order valence-corrected chi connectivity index (χ4v) is 4.68. The number of aromatic carboxylic acids is 1. The quantitative estimate of drug-likeness (QED) is 0.594. The number of carboxylic acids is 1. The molecule has 2 heterocycles. The molecule has 182 valence electrons. The molecule has 0 spiro atoms. The predicted octanol–water partition coefficient (Wildman–Crippen LogP) is 4.02. The van der Waals surface area contributed by atoms with Gasteiger partial charge in [0.05, 0.1) is 11.2 Å². The average molecular weight is 480 g/mol. The third-order valence-electron chi connectivity index (χ3n) is 6.67. The summed E-state index contributed by atoms with van der Waals surface area (Å²) in [6.07, 6.45) is 2.72. The first-order valence-electron chi connectivity index (χ1n) is 11.7. The standard InChI is InChI=1S/C26H26FN3O5/c1-16-13-28(26(34)35-15-17-5-3-2-4-6-17)9-10-29(16)23-12-22-19(11-21(23)27)24(31)20(25(32)33)14-30(22)18-7-8-18/h2-6,11-12,14,16,18H,7-10,13,15H2,1H3,(H,32,33). The van der Waals surface area contributed by atoms with Gasteiger partial charge < -0.3 is 24.2 Å². The molecule has 35 heavy (non-hydrogen) atoms. The van der Waals surface area contributed by atoms with E-state index in [9.17, 15) is 19.5 Å². The largest absolute Gasteiger partial charge is 0.477 e. The van der Waals surface area contributed by atoms with Gasteiger partial charge in [-0.05, 0) is 37.5 Å². The van der Waals surface area contributed by atoms with Crippen LogP contribution in [0.1, 0.15) is 41.7 Å². The molecular weight excluding hydrogens is 453 g/mol. The second-order valence-electron chi connectivity index (χ2n) is 9.16. The minimum atomic E-state index is -1.32. The normalized spacial score (nSPS) is 18.1. The maximum Gasteiger partial charge on any atom is 0.410 e. The number of hydrogen-bond acceptors (Lipinski definition) is 5. The van der Waals surface area contributed by atoms with Gasteiger partial charge in [-0.15, -0.1) is 0 Å². The molecule has 5 rings (SSSR count). The van der Waals surface area contributed by atoms with Gasteiger partial charge in [0, 0.05) is 43.3 Å². The fraction of sp³-hybridized carbons (Fsp3) is 0.346.